The van der Waals surface area contributed by atoms with Crippen molar-refractivity contribution < 1.29 is 22.8 Å². The summed E-state index contributed by atoms with van der Waals surface area (Å²) in [4.78, 5) is 44.8. The second-order valence-corrected chi connectivity index (χ2v) is 10.8. The van der Waals surface area contributed by atoms with Crippen molar-refractivity contribution in [3.8, 4) is 11.3 Å². The molecule has 3 aromatic heterocycles. The second-order valence-electron chi connectivity index (χ2n) is 10.4. The maximum Gasteiger partial charge on any atom is 0.276 e. The molecule has 1 N–H and O–H groups in total. The minimum Gasteiger partial charge on any atom is -0.318 e. The van der Waals surface area contributed by atoms with Crippen LogP contribution in [0.4, 0.5) is 24.5 Å². The number of carbonyl (C=O) groups is 2. The van der Waals surface area contributed by atoms with Gasteiger partial charge in [-0.1, -0.05) is 29.8 Å². The van der Waals surface area contributed by atoms with E-state index >= 15 is 0 Å². The number of hydrogen-bond acceptors (Lipinski definition) is 7. The molecule has 10 nitrogen and oxygen atoms in total. The number of hydrogen-bond donors (Lipinski definition) is 1. The van der Waals surface area contributed by atoms with Crippen LogP contribution >= 0.6 is 11.6 Å². The zero-order chi connectivity index (χ0) is 30.6. The van der Waals surface area contributed by atoms with Gasteiger partial charge in [-0.2, -0.15) is 5.10 Å². The van der Waals surface area contributed by atoms with E-state index in [2.05, 4.69) is 30.4 Å². The zero-order valence-electron chi connectivity index (χ0n) is 23.1. The van der Waals surface area contributed by atoms with E-state index < -0.39 is 35.3 Å². The third kappa shape index (κ3) is 5.03. The van der Waals surface area contributed by atoms with E-state index in [0.717, 1.165) is 18.3 Å². The van der Waals surface area contributed by atoms with Gasteiger partial charge in [-0.15, -0.1) is 0 Å². The van der Waals surface area contributed by atoms with E-state index in [-0.39, 0.29) is 39.8 Å². The van der Waals surface area contributed by atoms with Crippen LogP contribution in [0, 0.1) is 31.5 Å². The predicted octanol–water partition coefficient (Wildman–Crippen LogP) is 5.49. The van der Waals surface area contributed by atoms with Crippen LogP contribution in [0.5, 0.6) is 0 Å². The van der Waals surface area contributed by atoms with Gasteiger partial charge in [0, 0.05) is 29.8 Å². The number of rotatable bonds is 7. The summed E-state index contributed by atoms with van der Waals surface area (Å²) in [6.45, 7) is 5.77. The fraction of sp³-hybridized carbons (Fsp3) is 0.276. The highest BCUT2D eigenvalue weighted by atomic mass is 35.5. The van der Waals surface area contributed by atoms with Gasteiger partial charge in [0.15, 0.2) is 11.6 Å². The van der Waals surface area contributed by atoms with Gasteiger partial charge in [0.25, 0.3) is 12.3 Å². The molecule has 1 aliphatic heterocycles. The van der Waals surface area contributed by atoms with E-state index in [9.17, 15) is 22.8 Å². The minimum atomic E-state index is -3.01. The molecule has 0 spiro atoms. The van der Waals surface area contributed by atoms with Gasteiger partial charge in [-0.3, -0.25) is 19.3 Å². The van der Waals surface area contributed by atoms with Gasteiger partial charge in [0.1, 0.15) is 11.7 Å². The van der Waals surface area contributed by atoms with Crippen LogP contribution in [0.15, 0.2) is 49.1 Å². The molecule has 1 fully saturated rings. The highest BCUT2D eigenvalue weighted by molar-refractivity contribution is 6.31. The molecule has 3 atom stereocenters. The molecule has 2 amide bonds. The van der Waals surface area contributed by atoms with Crippen molar-refractivity contribution in [2.24, 2.45) is 11.8 Å². The fourth-order valence-corrected chi connectivity index (χ4v) is 5.34. The Kier molecular flexibility index (Phi) is 7.20. The average Bonchev–Trinajstić information content (AvgIpc) is 3.50. The van der Waals surface area contributed by atoms with Gasteiger partial charge in [0.05, 0.1) is 58.0 Å². The summed E-state index contributed by atoms with van der Waals surface area (Å²) in [7, 11) is 0. The number of nitrogens with zero attached hydrogens (tertiary/aromatic N) is 7. The Morgan fingerprint density at radius 1 is 1.09 bits per heavy atom. The number of halogens is 4. The van der Waals surface area contributed by atoms with Crippen molar-refractivity contribution in [2.45, 2.75) is 33.2 Å². The normalized spacial score (nSPS) is 18.1. The Balaban J connectivity index is 1.20. The smallest absolute Gasteiger partial charge is 0.276 e. The van der Waals surface area contributed by atoms with Crippen LogP contribution in [0.3, 0.4) is 0 Å². The van der Waals surface area contributed by atoms with Crippen LogP contribution in [0.25, 0.3) is 11.3 Å². The fourth-order valence-electron chi connectivity index (χ4n) is 5.18. The molecule has 4 aromatic rings. The molecule has 220 valence electrons. The molecule has 43 heavy (non-hydrogen) atoms. The lowest BCUT2D eigenvalue weighted by Crippen LogP contribution is -2.28. The Bertz CT molecular complexity index is 1810. The third-order valence-electron chi connectivity index (χ3n) is 7.65. The number of alkyl halides is 2. The van der Waals surface area contributed by atoms with Crippen LogP contribution in [0.1, 0.15) is 52.7 Å². The Labute approximate surface area is 248 Å². The predicted molar refractivity (Wildman–Crippen MR) is 151 cm³/mol. The van der Waals surface area contributed by atoms with Crippen LogP contribution in [-0.4, -0.2) is 48.1 Å². The molecule has 2 aliphatic rings. The van der Waals surface area contributed by atoms with Gasteiger partial charge in [-0.25, -0.2) is 28.1 Å². The van der Waals surface area contributed by atoms with E-state index in [4.69, 9.17) is 11.6 Å². The summed E-state index contributed by atoms with van der Waals surface area (Å²) in [6, 6.07) is 1.62. The molecule has 1 saturated heterocycles. The summed E-state index contributed by atoms with van der Waals surface area (Å²) in [5.74, 6) is -1.11. The van der Waals surface area contributed by atoms with Crippen LogP contribution in [0.2, 0.25) is 5.02 Å². The summed E-state index contributed by atoms with van der Waals surface area (Å²) in [6.07, 6.45) is 6.69. The number of fused-ring (bicyclic) bond motifs is 1. The monoisotopic (exact) mass is 608 g/mol. The number of carbonyl (C=O) groups excluding carboxylic acids is 2. The zero-order valence-corrected chi connectivity index (χ0v) is 23.9. The van der Waals surface area contributed by atoms with Crippen molar-refractivity contribution in [2.75, 3.05) is 16.8 Å². The second kappa shape index (κ2) is 10.9. The summed E-state index contributed by atoms with van der Waals surface area (Å²) >= 11 is 5.83. The third-order valence-corrected chi connectivity index (χ3v) is 7.94. The minimum absolute atomic E-state index is 0.0464. The van der Waals surface area contributed by atoms with Crippen molar-refractivity contribution >= 4 is 34.8 Å². The largest absolute Gasteiger partial charge is 0.318 e. The SMILES string of the molecule is Cc1nc([C@@H](C)n2cc(NC(=O)c3nc(-c4c(C(F)F)ccc(Cl)c4F)cnc3C)cn2)ncc1N1C[C@H]2C=C[C@H]2C1=O. The molecule has 1 aromatic carbocycles. The number of amides is 2. The first-order valence-corrected chi connectivity index (χ1v) is 13.7. The van der Waals surface area contributed by atoms with Crippen molar-refractivity contribution in [1.82, 2.24) is 29.7 Å². The number of aromatic nitrogens is 6. The maximum atomic E-state index is 14.8. The summed E-state index contributed by atoms with van der Waals surface area (Å²) in [5, 5.41) is 6.61. The van der Waals surface area contributed by atoms with Gasteiger partial charge < -0.3 is 10.2 Å². The lowest BCUT2D eigenvalue weighted by molar-refractivity contribution is -0.119. The number of aryl methyl sites for hydroxylation is 2. The summed E-state index contributed by atoms with van der Waals surface area (Å²) in [5.41, 5.74) is 0.249. The lowest BCUT2D eigenvalue weighted by atomic mass is 9.85. The number of nitrogens with one attached hydrogen (secondary N) is 1. The average molecular weight is 609 g/mol. The molecular weight excluding hydrogens is 585 g/mol. The highest BCUT2D eigenvalue weighted by Gasteiger charge is 2.43. The van der Waals surface area contributed by atoms with E-state index in [1.807, 2.05) is 26.0 Å². The molecule has 14 heteroatoms. The Morgan fingerprint density at radius 2 is 1.88 bits per heavy atom. The van der Waals surface area contributed by atoms with Crippen molar-refractivity contribution in [3.63, 3.8) is 0 Å². The quantitative estimate of drug-likeness (QED) is 0.276. The van der Waals surface area contributed by atoms with Crippen molar-refractivity contribution in [3.05, 3.63) is 88.4 Å². The molecule has 6 rings (SSSR count). The molecular formula is C29H24ClF3N8O2. The van der Waals surface area contributed by atoms with Gasteiger partial charge in [0.2, 0.25) is 5.91 Å². The van der Waals surface area contributed by atoms with E-state index in [0.29, 0.717) is 29.4 Å². The molecule has 0 bridgehead atoms. The number of anilines is 2. The van der Waals surface area contributed by atoms with Crippen molar-refractivity contribution in [1.29, 1.82) is 0 Å². The summed E-state index contributed by atoms with van der Waals surface area (Å²) < 4.78 is 43.6. The lowest BCUT2D eigenvalue weighted by Gasteiger charge is -2.19. The Hall–Kier alpha value is -4.65. The Morgan fingerprint density at radius 3 is 2.53 bits per heavy atom. The highest BCUT2D eigenvalue weighted by Crippen LogP contribution is 2.38. The van der Waals surface area contributed by atoms with E-state index in [1.54, 1.807) is 22.0 Å². The standard InChI is InChI=1S/C29H24ClF3N8O2/c1-13-22(40-11-16-4-5-18(16)29(40)43)10-35-27(37-13)15(3)41-12-17(8-36-41)38-28(42)25-14(2)34-9-21(39-25)23-19(26(32)33)6-7-20(30)24(23)31/h4-10,12,15-16,18,26H,11H2,1-3H3,(H,38,42)/t15-,16-,18-/m1/s1. The first kappa shape index (κ1) is 28.5. The van der Waals surface area contributed by atoms with Gasteiger partial charge >= 0.3 is 0 Å². The van der Waals surface area contributed by atoms with Crippen LogP contribution < -0.4 is 10.2 Å². The van der Waals surface area contributed by atoms with E-state index in [1.165, 1.54) is 13.1 Å². The molecule has 0 radical (unpaired) electrons. The van der Waals surface area contributed by atoms with Crippen LogP contribution in [-0.2, 0) is 4.79 Å². The van der Waals surface area contributed by atoms with Gasteiger partial charge in [-0.05, 0) is 26.8 Å². The molecule has 1 aliphatic carbocycles. The first-order valence-electron chi connectivity index (χ1n) is 13.3. The number of benzene rings is 1. The molecule has 4 heterocycles. The topological polar surface area (TPSA) is 119 Å². The molecule has 0 unspecified atom stereocenters. The maximum absolute atomic E-state index is 14.8. The molecule has 0 saturated carbocycles. The first-order chi connectivity index (χ1) is 20.5.